The fourth-order valence-electron chi connectivity index (χ4n) is 3.30. The first kappa shape index (κ1) is 19.3. The van der Waals surface area contributed by atoms with Crippen molar-refractivity contribution in [2.75, 3.05) is 38.2 Å². The standard InChI is InChI=1S/C19H22N6O3S/c1-15-20-8-9-25(15)19-7-6-18(21-22-19)23-10-12-24(13-11-23)29(26,27)17-5-3-4-16(14-17)28-2/h3-9,14H,10-13H2,1-2H3. The van der Waals surface area contributed by atoms with Crippen LogP contribution in [-0.2, 0) is 10.0 Å². The van der Waals surface area contributed by atoms with Crippen LogP contribution in [0.25, 0.3) is 5.82 Å². The Bertz CT molecular complexity index is 1090. The molecule has 0 unspecified atom stereocenters. The van der Waals surface area contributed by atoms with Gasteiger partial charge in [-0.3, -0.25) is 4.57 Å². The van der Waals surface area contributed by atoms with E-state index in [9.17, 15) is 8.42 Å². The quantitative estimate of drug-likeness (QED) is 0.624. The molecule has 0 amide bonds. The van der Waals surface area contributed by atoms with Crippen LogP contribution in [0.15, 0.2) is 53.7 Å². The first-order chi connectivity index (χ1) is 14.0. The highest BCUT2D eigenvalue weighted by Gasteiger charge is 2.29. The molecule has 152 valence electrons. The molecule has 0 bridgehead atoms. The topological polar surface area (TPSA) is 93.5 Å². The molecule has 4 rings (SSSR count). The van der Waals surface area contributed by atoms with E-state index in [0.717, 1.165) is 11.6 Å². The molecule has 10 heteroatoms. The van der Waals surface area contributed by atoms with Crippen molar-refractivity contribution in [1.82, 2.24) is 24.1 Å². The number of sulfonamides is 1. The highest BCUT2D eigenvalue weighted by atomic mass is 32.2. The second kappa shape index (κ2) is 7.80. The third-order valence-corrected chi connectivity index (χ3v) is 6.85. The summed E-state index contributed by atoms with van der Waals surface area (Å²) in [6, 6.07) is 10.3. The Morgan fingerprint density at radius 2 is 1.72 bits per heavy atom. The monoisotopic (exact) mass is 414 g/mol. The zero-order chi connectivity index (χ0) is 20.4. The molecule has 2 aromatic heterocycles. The number of nitrogens with zero attached hydrogens (tertiary/aromatic N) is 6. The number of hydrogen-bond donors (Lipinski definition) is 0. The van der Waals surface area contributed by atoms with Crippen molar-refractivity contribution in [1.29, 1.82) is 0 Å². The van der Waals surface area contributed by atoms with Gasteiger partial charge in [0, 0.05) is 44.6 Å². The molecule has 1 aliphatic heterocycles. The molecule has 0 atom stereocenters. The van der Waals surface area contributed by atoms with Gasteiger partial charge in [-0.05, 0) is 31.2 Å². The van der Waals surface area contributed by atoms with E-state index >= 15 is 0 Å². The van der Waals surface area contributed by atoms with Crippen LogP contribution in [0.1, 0.15) is 5.82 Å². The first-order valence-electron chi connectivity index (χ1n) is 9.22. The normalized spacial score (nSPS) is 15.4. The molecule has 0 saturated carbocycles. The van der Waals surface area contributed by atoms with Gasteiger partial charge in [-0.15, -0.1) is 10.2 Å². The smallest absolute Gasteiger partial charge is 0.243 e. The summed E-state index contributed by atoms with van der Waals surface area (Å²) < 4.78 is 34.3. The molecule has 0 radical (unpaired) electrons. The van der Waals surface area contributed by atoms with Crippen LogP contribution in [0, 0.1) is 6.92 Å². The van der Waals surface area contributed by atoms with Crippen LogP contribution in [0.4, 0.5) is 5.82 Å². The maximum Gasteiger partial charge on any atom is 0.243 e. The Balaban J connectivity index is 1.44. The van der Waals surface area contributed by atoms with Gasteiger partial charge >= 0.3 is 0 Å². The lowest BCUT2D eigenvalue weighted by Gasteiger charge is -2.34. The largest absolute Gasteiger partial charge is 0.497 e. The predicted molar refractivity (Wildman–Crippen MR) is 108 cm³/mol. The molecular formula is C19H22N6O3S. The SMILES string of the molecule is COc1cccc(S(=O)(=O)N2CCN(c3ccc(-n4ccnc4C)nn3)CC2)c1. The molecule has 0 aliphatic carbocycles. The van der Waals surface area contributed by atoms with Gasteiger partial charge in [0.2, 0.25) is 10.0 Å². The summed E-state index contributed by atoms with van der Waals surface area (Å²) >= 11 is 0. The molecular weight excluding hydrogens is 392 g/mol. The number of piperazine rings is 1. The molecule has 3 aromatic rings. The van der Waals surface area contributed by atoms with E-state index < -0.39 is 10.0 Å². The minimum absolute atomic E-state index is 0.241. The predicted octanol–water partition coefficient (Wildman–Crippen LogP) is 1.49. The van der Waals surface area contributed by atoms with Gasteiger partial charge in [-0.1, -0.05) is 6.07 Å². The van der Waals surface area contributed by atoms with Crippen LogP contribution in [0.5, 0.6) is 5.75 Å². The third-order valence-electron chi connectivity index (χ3n) is 4.95. The minimum atomic E-state index is -3.56. The Morgan fingerprint density at radius 3 is 2.34 bits per heavy atom. The van der Waals surface area contributed by atoms with Gasteiger partial charge in [0.05, 0.1) is 12.0 Å². The van der Waals surface area contributed by atoms with Crippen LogP contribution in [0.3, 0.4) is 0 Å². The number of aromatic nitrogens is 4. The number of aryl methyl sites for hydroxylation is 1. The van der Waals surface area contributed by atoms with Crippen molar-refractivity contribution in [2.45, 2.75) is 11.8 Å². The summed E-state index contributed by atoms with van der Waals surface area (Å²) in [4.78, 5) is 6.46. The maximum absolute atomic E-state index is 12.9. The summed E-state index contributed by atoms with van der Waals surface area (Å²) in [7, 11) is -2.04. The van der Waals surface area contributed by atoms with E-state index in [4.69, 9.17) is 4.74 Å². The molecule has 1 aliphatic rings. The second-order valence-corrected chi connectivity index (χ2v) is 8.60. The number of hydrogen-bond acceptors (Lipinski definition) is 7. The van der Waals surface area contributed by atoms with E-state index in [-0.39, 0.29) is 4.90 Å². The van der Waals surface area contributed by atoms with Crippen molar-refractivity contribution >= 4 is 15.8 Å². The lowest BCUT2D eigenvalue weighted by atomic mass is 10.3. The van der Waals surface area contributed by atoms with Crippen LogP contribution >= 0.6 is 0 Å². The molecule has 1 aromatic carbocycles. The highest BCUT2D eigenvalue weighted by Crippen LogP contribution is 2.23. The number of anilines is 1. The van der Waals surface area contributed by atoms with E-state index in [0.29, 0.717) is 37.7 Å². The van der Waals surface area contributed by atoms with E-state index in [1.807, 2.05) is 34.7 Å². The zero-order valence-electron chi connectivity index (χ0n) is 16.3. The van der Waals surface area contributed by atoms with Crippen LogP contribution < -0.4 is 9.64 Å². The summed E-state index contributed by atoms with van der Waals surface area (Å²) in [5, 5.41) is 8.59. The van der Waals surface area contributed by atoms with Crippen molar-refractivity contribution in [3.8, 4) is 11.6 Å². The third kappa shape index (κ3) is 3.81. The number of rotatable bonds is 5. The summed E-state index contributed by atoms with van der Waals surface area (Å²) in [5.74, 6) is 2.78. The summed E-state index contributed by atoms with van der Waals surface area (Å²) in [5.41, 5.74) is 0. The van der Waals surface area contributed by atoms with Crippen LogP contribution in [-0.4, -0.2) is 65.8 Å². The van der Waals surface area contributed by atoms with Gasteiger partial charge in [-0.2, -0.15) is 4.31 Å². The van der Waals surface area contributed by atoms with Gasteiger partial charge in [-0.25, -0.2) is 13.4 Å². The fraction of sp³-hybridized carbons (Fsp3) is 0.316. The first-order valence-corrected chi connectivity index (χ1v) is 10.7. The average molecular weight is 414 g/mol. The summed E-state index contributed by atoms with van der Waals surface area (Å²) in [6.45, 7) is 3.74. The molecule has 0 spiro atoms. The fourth-order valence-corrected chi connectivity index (χ4v) is 4.76. The minimum Gasteiger partial charge on any atom is -0.497 e. The molecule has 29 heavy (non-hydrogen) atoms. The van der Waals surface area contributed by atoms with E-state index in [2.05, 4.69) is 15.2 Å². The number of methoxy groups -OCH3 is 1. The van der Waals surface area contributed by atoms with Crippen molar-refractivity contribution in [3.63, 3.8) is 0 Å². The van der Waals surface area contributed by atoms with E-state index in [1.165, 1.54) is 11.4 Å². The molecule has 3 heterocycles. The Hall–Kier alpha value is -2.98. The zero-order valence-corrected chi connectivity index (χ0v) is 17.1. The van der Waals surface area contributed by atoms with Gasteiger partial charge in [0.25, 0.3) is 0 Å². The summed E-state index contributed by atoms with van der Waals surface area (Å²) in [6.07, 6.45) is 3.55. The Morgan fingerprint density at radius 1 is 1.00 bits per heavy atom. The van der Waals surface area contributed by atoms with Gasteiger partial charge in [0.1, 0.15) is 11.6 Å². The second-order valence-electron chi connectivity index (χ2n) is 6.66. The number of ether oxygens (including phenoxy) is 1. The Kier molecular flexibility index (Phi) is 5.20. The molecule has 0 N–H and O–H groups in total. The lowest BCUT2D eigenvalue weighted by Crippen LogP contribution is -2.49. The van der Waals surface area contributed by atoms with Crippen molar-refractivity contribution < 1.29 is 13.2 Å². The number of benzene rings is 1. The van der Waals surface area contributed by atoms with Crippen LogP contribution in [0.2, 0.25) is 0 Å². The van der Waals surface area contributed by atoms with Crippen molar-refractivity contribution in [2.24, 2.45) is 0 Å². The van der Waals surface area contributed by atoms with Gasteiger partial charge in [0.15, 0.2) is 11.6 Å². The molecule has 9 nitrogen and oxygen atoms in total. The maximum atomic E-state index is 12.9. The Labute approximate surface area is 169 Å². The van der Waals surface area contributed by atoms with Crippen molar-refractivity contribution in [3.05, 3.63) is 54.6 Å². The molecule has 1 fully saturated rings. The lowest BCUT2D eigenvalue weighted by molar-refractivity contribution is 0.382. The van der Waals surface area contributed by atoms with E-state index in [1.54, 1.807) is 30.5 Å². The number of imidazole rings is 1. The average Bonchev–Trinajstić information content (AvgIpc) is 3.20. The molecule has 1 saturated heterocycles. The van der Waals surface area contributed by atoms with Gasteiger partial charge < -0.3 is 9.64 Å². The highest BCUT2D eigenvalue weighted by molar-refractivity contribution is 7.89.